The van der Waals surface area contributed by atoms with Crippen LogP contribution in [0.5, 0.6) is 5.75 Å². The van der Waals surface area contributed by atoms with E-state index in [0.717, 1.165) is 16.7 Å². The molecule has 2 N–H and O–H groups in total. The Morgan fingerprint density at radius 1 is 1.42 bits per heavy atom. The molecule has 0 unspecified atom stereocenters. The predicted octanol–water partition coefficient (Wildman–Crippen LogP) is 1.68. The lowest BCUT2D eigenvalue weighted by atomic mass is 10.2. The molecule has 1 aliphatic heterocycles. The molecule has 1 fully saturated rings. The summed E-state index contributed by atoms with van der Waals surface area (Å²) >= 11 is 5.99. The summed E-state index contributed by atoms with van der Waals surface area (Å²) in [6, 6.07) is 6.55. The van der Waals surface area contributed by atoms with Crippen molar-refractivity contribution in [3.05, 3.63) is 34.7 Å². The largest absolute Gasteiger partial charge is 0.507 e. The van der Waals surface area contributed by atoms with Crippen molar-refractivity contribution in [2.75, 3.05) is 6.54 Å². The number of hydrogen-bond donors (Lipinski definition) is 2. The second-order valence-electron chi connectivity index (χ2n) is 3.72. The van der Waals surface area contributed by atoms with Gasteiger partial charge in [-0.2, -0.15) is 0 Å². The van der Waals surface area contributed by atoms with E-state index in [0.29, 0.717) is 10.5 Å². The Hall–Kier alpha value is -1.86. The van der Waals surface area contributed by atoms with E-state index >= 15 is 0 Å². The zero-order chi connectivity index (χ0) is 14.0. The monoisotopic (exact) mass is 295 g/mol. The van der Waals surface area contributed by atoms with Gasteiger partial charge in [0.05, 0.1) is 4.91 Å². The third-order valence-corrected chi connectivity index (χ3v) is 3.77. The van der Waals surface area contributed by atoms with Crippen LogP contribution in [-0.2, 0) is 9.59 Å². The standard InChI is InChI=1S/C12H9NO4S2/c14-8-4-2-1-3-7(8)5-9-11(17)13(6-10(15)16)12(18)19-9/h1-5,14H,6H2,(H,15,16)/b9-5-. The summed E-state index contributed by atoms with van der Waals surface area (Å²) in [6.45, 7) is -0.456. The number of phenolic OH excluding ortho intramolecular Hbond substituents is 1. The number of carbonyl (C=O) groups is 2. The van der Waals surface area contributed by atoms with Gasteiger partial charge in [-0.05, 0) is 12.1 Å². The first-order valence-electron chi connectivity index (χ1n) is 5.24. The Balaban J connectivity index is 2.28. The fraction of sp³-hybridized carbons (Fsp3) is 0.0833. The lowest BCUT2D eigenvalue weighted by Crippen LogP contribution is -2.33. The van der Waals surface area contributed by atoms with Crippen molar-refractivity contribution in [2.24, 2.45) is 0 Å². The van der Waals surface area contributed by atoms with Gasteiger partial charge in [-0.1, -0.05) is 42.2 Å². The quantitative estimate of drug-likeness (QED) is 0.652. The van der Waals surface area contributed by atoms with Crippen molar-refractivity contribution < 1.29 is 19.8 Å². The molecule has 98 valence electrons. The lowest BCUT2D eigenvalue weighted by molar-refractivity contribution is -0.140. The van der Waals surface area contributed by atoms with Crippen LogP contribution in [0.15, 0.2) is 29.2 Å². The van der Waals surface area contributed by atoms with Gasteiger partial charge in [-0.3, -0.25) is 14.5 Å². The summed E-state index contributed by atoms with van der Waals surface area (Å²) in [7, 11) is 0. The average Bonchev–Trinajstić information content (AvgIpc) is 2.60. The lowest BCUT2D eigenvalue weighted by Gasteiger charge is -2.10. The van der Waals surface area contributed by atoms with E-state index in [1.165, 1.54) is 12.1 Å². The van der Waals surface area contributed by atoms with Crippen molar-refractivity contribution in [3.63, 3.8) is 0 Å². The Morgan fingerprint density at radius 2 is 2.11 bits per heavy atom. The number of nitrogens with zero attached hydrogens (tertiary/aromatic N) is 1. The molecule has 7 heteroatoms. The molecule has 1 amide bonds. The smallest absolute Gasteiger partial charge is 0.323 e. The van der Waals surface area contributed by atoms with Gasteiger partial charge in [-0.15, -0.1) is 0 Å². The number of phenols is 1. The molecule has 0 radical (unpaired) electrons. The van der Waals surface area contributed by atoms with Crippen LogP contribution in [0.2, 0.25) is 0 Å². The van der Waals surface area contributed by atoms with Crippen molar-refractivity contribution in [2.45, 2.75) is 0 Å². The molecular weight excluding hydrogens is 286 g/mol. The number of amides is 1. The van der Waals surface area contributed by atoms with Gasteiger partial charge < -0.3 is 10.2 Å². The predicted molar refractivity (Wildman–Crippen MR) is 75.6 cm³/mol. The maximum atomic E-state index is 12.0. The van der Waals surface area contributed by atoms with E-state index in [9.17, 15) is 14.7 Å². The van der Waals surface area contributed by atoms with Crippen LogP contribution in [-0.4, -0.2) is 37.9 Å². The van der Waals surface area contributed by atoms with Gasteiger partial charge in [0.15, 0.2) is 0 Å². The zero-order valence-electron chi connectivity index (χ0n) is 9.57. The summed E-state index contributed by atoms with van der Waals surface area (Å²) in [5.74, 6) is -1.54. The normalized spacial score (nSPS) is 17.3. The third kappa shape index (κ3) is 2.94. The minimum atomic E-state index is -1.12. The number of carboxylic acids is 1. The maximum Gasteiger partial charge on any atom is 0.323 e. The molecule has 0 atom stereocenters. The molecule has 0 aliphatic carbocycles. The first kappa shape index (κ1) is 13.6. The fourth-order valence-corrected chi connectivity index (χ4v) is 2.77. The number of hydrogen-bond acceptors (Lipinski definition) is 5. The molecule has 19 heavy (non-hydrogen) atoms. The number of carboxylic acid groups (broad SMARTS) is 1. The van der Waals surface area contributed by atoms with Crippen molar-refractivity contribution in [1.82, 2.24) is 4.90 Å². The van der Waals surface area contributed by atoms with E-state index in [1.807, 2.05) is 0 Å². The summed E-state index contributed by atoms with van der Waals surface area (Å²) < 4.78 is 0.203. The molecule has 2 rings (SSSR count). The number of thiocarbonyl (C=S) groups is 1. The van der Waals surface area contributed by atoms with Crippen molar-refractivity contribution in [1.29, 1.82) is 0 Å². The highest BCUT2D eigenvalue weighted by Crippen LogP contribution is 2.33. The summed E-state index contributed by atoms with van der Waals surface area (Å²) in [5, 5.41) is 18.3. The number of thioether (sulfide) groups is 1. The van der Waals surface area contributed by atoms with Crippen LogP contribution in [0.4, 0.5) is 0 Å². The van der Waals surface area contributed by atoms with Crippen molar-refractivity contribution in [3.8, 4) is 5.75 Å². The summed E-state index contributed by atoms with van der Waals surface area (Å²) in [4.78, 5) is 23.9. The van der Waals surface area contributed by atoms with Crippen LogP contribution < -0.4 is 0 Å². The van der Waals surface area contributed by atoms with Crippen LogP contribution in [0, 0.1) is 0 Å². The molecular formula is C12H9NO4S2. The molecule has 0 bridgehead atoms. The number of rotatable bonds is 3. The number of aromatic hydroxyl groups is 1. The maximum absolute atomic E-state index is 12.0. The van der Waals surface area contributed by atoms with Crippen LogP contribution in [0.1, 0.15) is 5.56 Å². The Labute approximate surface area is 118 Å². The van der Waals surface area contributed by atoms with Gasteiger partial charge in [0.1, 0.15) is 16.6 Å². The highest BCUT2D eigenvalue weighted by atomic mass is 32.2. The minimum absolute atomic E-state index is 0.0472. The highest BCUT2D eigenvalue weighted by Gasteiger charge is 2.33. The van der Waals surface area contributed by atoms with Crippen LogP contribution in [0.25, 0.3) is 6.08 Å². The molecule has 1 aliphatic rings. The van der Waals surface area contributed by atoms with Gasteiger partial charge in [-0.25, -0.2) is 0 Å². The summed E-state index contributed by atoms with van der Waals surface area (Å²) in [5.41, 5.74) is 0.485. The molecule has 1 aromatic rings. The molecule has 0 spiro atoms. The Bertz CT molecular complexity index is 597. The molecule has 1 aromatic carbocycles. The second-order valence-corrected chi connectivity index (χ2v) is 5.40. The Morgan fingerprint density at radius 3 is 2.74 bits per heavy atom. The van der Waals surface area contributed by atoms with E-state index in [-0.39, 0.29) is 10.1 Å². The van der Waals surface area contributed by atoms with E-state index < -0.39 is 18.4 Å². The first-order valence-corrected chi connectivity index (χ1v) is 6.46. The topological polar surface area (TPSA) is 77.8 Å². The minimum Gasteiger partial charge on any atom is -0.507 e. The van der Waals surface area contributed by atoms with E-state index in [2.05, 4.69) is 0 Å². The molecule has 0 aromatic heterocycles. The van der Waals surface area contributed by atoms with Gasteiger partial charge in [0.2, 0.25) is 0 Å². The molecule has 1 saturated heterocycles. The third-order valence-electron chi connectivity index (χ3n) is 2.39. The van der Waals surface area contributed by atoms with E-state index in [4.69, 9.17) is 17.3 Å². The van der Waals surface area contributed by atoms with Crippen molar-refractivity contribution >= 4 is 46.3 Å². The molecule has 0 saturated carbocycles. The SMILES string of the molecule is O=C(O)CN1C(=O)/C(=C/c2ccccc2O)SC1=S. The molecule has 1 heterocycles. The number of para-hydroxylation sites is 1. The first-order chi connectivity index (χ1) is 8.99. The van der Waals surface area contributed by atoms with Gasteiger partial charge in [0, 0.05) is 5.56 Å². The second kappa shape index (κ2) is 5.41. The van der Waals surface area contributed by atoms with Gasteiger partial charge >= 0.3 is 5.97 Å². The van der Waals surface area contributed by atoms with Gasteiger partial charge in [0.25, 0.3) is 5.91 Å². The van der Waals surface area contributed by atoms with Crippen LogP contribution in [0.3, 0.4) is 0 Å². The highest BCUT2D eigenvalue weighted by molar-refractivity contribution is 8.26. The zero-order valence-corrected chi connectivity index (χ0v) is 11.2. The number of benzene rings is 1. The van der Waals surface area contributed by atoms with E-state index in [1.54, 1.807) is 18.2 Å². The number of carbonyl (C=O) groups excluding carboxylic acids is 1. The Kier molecular flexibility index (Phi) is 3.87. The van der Waals surface area contributed by atoms with Crippen LogP contribution >= 0.6 is 24.0 Å². The molecule has 5 nitrogen and oxygen atoms in total. The number of aliphatic carboxylic acids is 1. The average molecular weight is 295 g/mol. The summed E-state index contributed by atoms with van der Waals surface area (Å²) in [6.07, 6.45) is 1.50. The fourth-order valence-electron chi connectivity index (χ4n) is 1.52.